The van der Waals surface area contributed by atoms with Crippen molar-refractivity contribution >= 4 is 5.97 Å². The van der Waals surface area contributed by atoms with Crippen molar-refractivity contribution in [2.24, 2.45) is 0 Å². The van der Waals surface area contributed by atoms with Crippen LogP contribution >= 0.6 is 0 Å². The summed E-state index contributed by atoms with van der Waals surface area (Å²) in [5, 5.41) is 3.38. The first kappa shape index (κ1) is 18.4. The second-order valence-corrected chi connectivity index (χ2v) is 5.80. The third-order valence-corrected chi connectivity index (χ3v) is 3.59. The Kier molecular flexibility index (Phi) is 8.88. The fourth-order valence-electron chi connectivity index (χ4n) is 2.05. The molecule has 21 heavy (non-hydrogen) atoms. The van der Waals surface area contributed by atoms with E-state index in [9.17, 15) is 4.79 Å². The molecule has 0 aliphatic heterocycles. The molecule has 0 aromatic heterocycles. The minimum atomic E-state index is -0.639. The predicted octanol–water partition coefficient (Wildman–Crippen LogP) is 2.28. The summed E-state index contributed by atoms with van der Waals surface area (Å²) in [6.45, 7) is 8.81. The minimum Gasteiger partial charge on any atom is -0.465 e. The summed E-state index contributed by atoms with van der Waals surface area (Å²) in [4.78, 5) is 12.1. The zero-order chi connectivity index (χ0) is 15.6. The van der Waals surface area contributed by atoms with Gasteiger partial charge < -0.3 is 14.2 Å². The normalized spacial score (nSPS) is 17.5. The molecule has 1 rings (SSSR count). The molecule has 124 valence electrons. The third-order valence-electron chi connectivity index (χ3n) is 3.59. The maximum absolute atomic E-state index is 12.1. The standard InChI is InChI=1S/C16H31NO4/c1-4-6-10-19-12-13-20-11-9-16(3,15(18)21-5-2)17-14-7-8-14/h14,17H,4-13H2,1-3H3. The van der Waals surface area contributed by atoms with E-state index in [0.717, 1.165) is 32.3 Å². The largest absolute Gasteiger partial charge is 0.465 e. The number of nitrogens with one attached hydrogen (secondary N) is 1. The summed E-state index contributed by atoms with van der Waals surface area (Å²) >= 11 is 0. The second kappa shape index (κ2) is 10.1. The highest BCUT2D eigenvalue weighted by atomic mass is 16.5. The van der Waals surface area contributed by atoms with E-state index in [1.165, 1.54) is 0 Å². The summed E-state index contributed by atoms with van der Waals surface area (Å²) < 4.78 is 16.2. The van der Waals surface area contributed by atoms with Gasteiger partial charge in [0, 0.05) is 19.3 Å². The Bertz CT molecular complexity index is 294. The number of unbranched alkanes of at least 4 members (excludes halogenated alkanes) is 1. The number of rotatable bonds is 13. The van der Waals surface area contributed by atoms with Crippen molar-refractivity contribution in [1.82, 2.24) is 5.32 Å². The van der Waals surface area contributed by atoms with Crippen LogP contribution < -0.4 is 5.32 Å². The molecule has 1 aliphatic carbocycles. The molecule has 0 aromatic carbocycles. The van der Waals surface area contributed by atoms with Crippen LogP contribution in [0.4, 0.5) is 0 Å². The molecule has 1 aliphatic rings. The summed E-state index contributed by atoms with van der Waals surface area (Å²) in [5.74, 6) is -0.181. The highest BCUT2D eigenvalue weighted by Crippen LogP contribution is 2.25. The molecule has 0 amide bonds. The zero-order valence-electron chi connectivity index (χ0n) is 13.8. The Morgan fingerprint density at radius 1 is 1.14 bits per heavy atom. The molecule has 1 unspecified atom stereocenters. The van der Waals surface area contributed by atoms with Gasteiger partial charge in [0.2, 0.25) is 0 Å². The van der Waals surface area contributed by atoms with Gasteiger partial charge in [0.05, 0.1) is 19.8 Å². The number of hydrogen-bond donors (Lipinski definition) is 1. The van der Waals surface area contributed by atoms with Crippen molar-refractivity contribution in [2.45, 2.75) is 64.5 Å². The molecule has 1 saturated carbocycles. The van der Waals surface area contributed by atoms with Crippen molar-refractivity contribution < 1.29 is 19.0 Å². The molecular weight excluding hydrogens is 270 g/mol. The molecule has 5 nitrogen and oxygen atoms in total. The lowest BCUT2D eigenvalue weighted by Crippen LogP contribution is -2.52. The van der Waals surface area contributed by atoms with Crippen LogP contribution in [0.5, 0.6) is 0 Å². The highest BCUT2D eigenvalue weighted by Gasteiger charge is 2.39. The van der Waals surface area contributed by atoms with Crippen LogP contribution in [0.25, 0.3) is 0 Å². The van der Waals surface area contributed by atoms with Gasteiger partial charge in [-0.15, -0.1) is 0 Å². The van der Waals surface area contributed by atoms with E-state index < -0.39 is 5.54 Å². The molecule has 0 bridgehead atoms. The lowest BCUT2D eigenvalue weighted by atomic mass is 9.98. The first-order valence-corrected chi connectivity index (χ1v) is 8.22. The van der Waals surface area contributed by atoms with E-state index >= 15 is 0 Å². The fraction of sp³-hybridized carbons (Fsp3) is 0.938. The summed E-state index contributed by atoms with van der Waals surface area (Å²) in [6, 6.07) is 0.455. The van der Waals surface area contributed by atoms with Crippen LogP contribution in [0.2, 0.25) is 0 Å². The average Bonchev–Trinajstić information content (AvgIpc) is 3.26. The summed E-state index contributed by atoms with van der Waals surface area (Å²) in [6.07, 6.45) is 5.14. The van der Waals surface area contributed by atoms with Crippen molar-refractivity contribution in [3.05, 3.63) is 0 Å². The highest BCUT2D eigenvalue weighted by molar-refractivity contribution is 5.80. The van der Waals surface area contributed by atoms with Crippen LogP contribution in [0.1, 0.15) is 52.9 Å². The molecule has 1 N–H and O–H groups in total. The van der Waals surface area contributed by atoms with Crippen LogP contribution in [0.3, 0.4) is 0 Å². The maximum atomic E-state index is 12.1. The Morgan fingerprint density at radius 3 is 2.38 bits per heavy atom. The topological polar surface area (TPSA) is 56.8 Å². The summed E-state index contributed by atoms with van der Waals surface area (Å²) in [5.41, 5.74) is -0.639. The molecular formula is C16H31NO4. The Hall–Kier alpha value is -0.650. The number of ether oxygens (including phenoxy) is 3. The third kappa shape index (κ3) is 7.79. The van der Waals surface area contributed by atoms with E-state index in [1.54, 1.807) is 0 Å². The van der Waals surface area contributed by atoms with Crippen molar-refractivity contribution in [2.75, 3.05) is 33.0 Å². The van der Waals surface area contributed by atoms with E-state index in [4.69, 9.17) is 14.2 Å². The first-order chi connectivity index (χ1) is 10.1. The van der Waals surface area contributed by atoms with E-state index in [2.05, 4.69) is 12.2 Å². The van der Waals surface area contributed by atoms with Crippen LogP contribution in [0.15, 0.2) is 0 Å². The zero-order valence-corrected chi connectivity index (χ0v) is 13.8. The van der Waals surface area contributed by atoms with Crippen LogP contribution in [-0.2, 0) is 19.0 Å². The van der Waals surface area contributed by atoms with E-state index in [1.807, 2.05) is 13.8 Å². The van der Waals surface area contributed by atoms with Gasteiger partial charge in [-0.2, -0.15) is 0 Å². The Labute approximate surface area is 128 Å². The van der Waals surface area contributed by atoms with Gasteiger partial charge in [0.15, 0.2) is 0 Å². The Balaban J connectivity index is 2.18. The van der Waals surface area contributed by atoms with Gasteiger partial charge in [-0.1, -0.05) is 13.3 Å². The number of hydrogen-bond acceptors (Lipinski definition) is 5. The van der Waals surface area contributed by atoms with Crippen molar-refractivity contribution in [1.29, 1.82) is 0 Å². The molecule has 1 fully saturated rings. The van der Waals surface area contributed by atoms with Gasteiger partial charge in [0.25, 0.3) is 0 Å². The van der Waals surface area contributed by atoms with Crippen molar-refractivity contribution in [3.63, 3.8) is 0 Å². The monoisotopic (exact) mass is 301 g/mol. The molecule has 5 heteroatoms. The van der Waals surface area contributed by atoms with Gasteiger partial charge in [-0.25, -0.2) is 0 Å². The molecule has 1 atom stereocenters. The van der Waals surface area contributed by atoms with Crippen LogP contribution in [-0.4, -0.2) is 50.6 Å². The average molecular weight is 301 g/mol. The Morgan fingerprint density at radius 2 is 1.81 bits per heavy atom. The SMILES string of the molecule is CCCCOCCOCCC(C)(NC1CC1)C(=O)OCC. The molecule has 0 spiro atoms. The molecule has 0 aromatic rings. The van der Waals surface area contributed by atoms with Gasteiger partial charge in [-0.05, 0) is 39.5 Å². The fourth-order valence-corrected chi connectivity index (χ4v) is 2.05. The lowest BCUT2D eigenvalue weighted by molar-refractivity contribution is -0.151. The van der Waals surface area contributed by atoms with Crippen LogP contribution in [0, 0.1) is 0 Å². The number of esters is 1. The molecule has 0 heterocycles. The van der Waals surface area contributed by atoms with E-state index in [-0.39, 0.29) is 5.97 Å². The van der Waals surface area contributed by atoms with Gasteiger partial charge >= 0.3 is 5.97 Å². The molecule has 0 radical (unpaired) electrons. The number of carbonyl (C=O) groups excluding carboxylic acids is 1. The van der Waals surface area contributed by atoms with Crippen molar-refractivity contribution in [3.8, 4) is 0 Å². The lowest BCUT2D eigenvalue weighted by Gasteiger charge is -2.28. The minimum absolute atomic E-state index is 0.181. The van der Waals surface area contributed by atoms with Gasteiger partial charge in [-0.3, -0.25) is 10.1 Å². The number of carbonyl (C=O) groups is 1. The summed E-state index contributed by atoms with van der Waals surface area (Å²) in [7, 11) is 0. The predicted molar refractivity (Wildman–Crippen MR) is 82.4 cm³/mol. The van der Waals surface area contributed by atoms with E-state index in [0.29, 0.717) is 38.9 Å². The molecule has 0 saturated heterocycles. The quantitative estimate of drug-likeness (QED) is 0.418. The van der Waals surface area contributed by atoms with Gasteiger partial charge in [0.1, 0.15) is 5.54 Å². The smallest absolute Gasteiger partial charge is 0.326 e. The maximum Gasteiger partial charge on any atom is 0.326 e. The first-order valence-electron chi connectivity index (χ1n) is 8.22. The second-order valence-electron chi connectivity index (χ2n) is 5.80.